The first-order chi connectivity index (χ1) is 15.9. The van der Waals surface area contributed by atoms with Crippen molar-refractivity contribution >= 4 is 17.5 Å². The quantitative estimate of drug-likeness (QED) is 0.492. The van der Waals surface area contributed by atoms with E-state index < -0.39 is 4.92 Å². The van der Waals surface area contributed by atoms with Crippen molar-refractivity contribution < 1.29 is 19.2 Å². The predicted octanol–water partition coefficient (Wildman–Crippen LogP) is 3.83. The van der Waals surface area contributed by atoms with Crippen molar-refractivity contribution in [2.45, 2.75) is 44.8 Å². The van der Waals surface area contributed by atoms with Crippen LogP contribution >= 0.6 is 0 Å². The summed E-state index contributed by atoms with van der Waals surface area (Å²) in [6.07, 6.45) is 3.90. The van der Waals surface area contributed by atoms with Crippen molar-refractivity contribution in [3.05, 3.63) is 75.3 Å². The predicted molar refractivity (Wildman–Crippen MR) is 123 cm³/mol. The molecule has 0 N–H and O–H groups in total. The first-order valence-electron chi connectivity index (χ1n) is 11.5. The van der Waals surface area contributed by atoms with Crippen molar-refractivity contribution in [2.24, 2.45) is 0 Å². The first-order valence-corrected chi connectivity index (χ1v) is 11.5. The fourth-order valence-corrected chi connectivity index (χ4v) is 4.62. The first kappa shape index (κ1) is 22.9. The molecule has 2 aromatic carbocycles. The molecule has 0 spiro atoms. The number of hydrogen-bond acceptors (Lipinski definition) is 5. The summed E-state index contributed by atoms with van der Waals surface area (Å²) < 4.78 is 5.96. The van der Waals surface area contributed by atoms with E-state index in [0.29, 0.717) is 37.4 Å². The minimum atomic E-state index is -0.484. The van der Waals surface area contributed by atoms with Gasteiger partial charge in [-0.15, -0.1) is 0 Å². The Morgan fingerprint density at radius 1 is 1.06 bits per heavy atom. The summed E-state index contributed by atoms with van der Waals surface area (Å²) >= 11 is 0. The molecule has 2 amide bonds. The number of non-ortho nitro benzene ring substituents is 1. The summed E-state index contributed by atoms with van der Waals surface area (Å²) in [7, 11) is 0. The van der Waals surface area contributed by atoms with Gasteiger partial charge in [-0.05, 0) is 44.0 Å². The third-order valence-electron chi connectivity index (χ3n) is 6.48. The van der Waals surface area contributed by atoms with Crippen LogP contribution < -0.4 is 0 Å². The van der Waals surface area contributed by atoms with E-state index in [1.807, 2.05) is 36.1 Å². The Hall–Kier alpha value is -3.26. The number of ether oxygens (including phenoxy) is 1. The summed E-state index contributed by atoms with van der Waals surface area (Å²) in [4.78, 5) is 40.4. The molecule has 0 radical (unpaired) electrons. The lowest BCUT2D eigenvalue weighted by molar-refractivity contribution is -0.384. The van der Waals surface area contributed by atoms with E-state index in [0.717, 1.165) is 31.2 Å². The molecule has 4 rings (SSSR count). The molecule has 1 aliphatic carbocycles. The molecule has 0 bridgehead atoms. The number of rotatable bonds is 6. The number of aryl methyl sites for hydroxylation is 1. The second-order valence-corrected chi connectivity index (χ2v) is 8.81. The smallest absolute Gasteiger partial charge is 0.269 e. The van der Waals surface area contributed by atoms with Gasteiger partial charge in [-0.2, -0.15) is 0 Å². The summed E-state index contributed by atoms with van der Waals surface area (Å²) in [6.45, 7) is 3.64. The van der Waals surface area contributed by atoms with Gasteiger partial charge in [0, 0.05) is 48.9 Å². The molecular formula is C25H29N3O5. The Labute approximate surface area is 193 Å². The highest BCUT2D eigenvalue weighted by Gasteiger charge is 2.33. The molecule has 8 nitrogen and oxygen atoms in total. The van der Waals surface area contributed by atoms with Gasteiger partial charge in [-0.1, -0.05) is 30.5 Å². The van der Waals surface area contributed by atoms with Crippen LogP contribution in [0, 0.1) is 17.0 Å². The summed E-state index contributed by atoms with van der Waals surface area (Å²) in [5.41, 5.74) is 2.13. The highest BCUT2D eigenvalue weighted by Crippen LogP contribution is 2.26. The Bertz CT molecular complexity index is 1000. The number of nitro benzene ring substituents is 1. The van der Waals surface area contributed by atoms with Crippen molar-refractivity contribution in [1.29, 1.82) is 0 Å². The normalized spacial score (nSPS) is 18.8. The largest absolute Gasteiger partial charge is 0.373 e. The lowest BCUT2D eigenvalue weighted by Crippen LogP contribution is -2.52. The fourth-order valence-electron chi connectivity index (χ4n) is 4.62. The van der Waals surface area contributed by atoms with Crippen LogP contribution in [0.3, 0.4) is 0 Å². The molecule has 2 aromatic rings. The maximum Gasteiger partial charge on any atom is 0.269 e. The summed E-state index contributed by atoms with van der Waals surface area (Å²) in [6, 6.07) is 13.5. The van der Waals surface area contributed by atoms with Crippen molar-refractivity contribution in [3.8, 4) is 0 Å². The van der Waals surface area contributed by atoms with Crippen LogP contribution in [0.5, 0.6) is 0 Å². The van der Waals surface area contributed by atoms with Gasteiger partial charge in [0.15, 0.2) is 0 Å². The number of amides is 2. The van der Waals surface area contributed by atoms with E-state index >= 15 is 0 Å². The summed E-state index contributed by atoms with van der Waals surface area (Å²) in [5.74, 6) is -0.181. The molecule has 1 heterocycles. The van der Waals surface area contributed by atoms with Crippen LogP contribution in [0.25, 0.3) is 0 Å². The van der Waals surface area contributed by atoms with Gasteiger partial charge in [0.25, 0.3) is 17.5 Å². The second kappa shape index (κ2) is 10.1. The molecule has 33 heavy (non-hydrogen) atoms. The monoisotopic (exact) mass is 451 g/mol. The van der Waals surface area contributed by atoms with Gasteiger partial charge in [-0.25, -0.2) is 0 Å². The van der Waals surface area contributed by atoms with Crippen LogP contribution in [-0.4, -0.2) is 64.9 Å². The number of nitro groups is 1. The molecule has 1 aliphatic heterocycles. The van der Waals surface area contributed by atoms with E-state index in [9.17, 15) is 19.7 Å². The van der Waals surface area contributed by atoms with E-state index in [4.69, 9.17) is 4.74 Å². The van der Waals surface area contributed by atoms with Crippen molar-refractivity contribution in [2.75, 3.05) is 26.2 Å². The Morgan fingerprint density at radius 3 is 2.33 bits per heavy atom. The van der Waals surface area contributed by atoms with Gasteiger partial charge in [-0.3, -0.25) is 19.7 Å². The van der Waals surface area contributed by atoms with Crippen LogP contribution in [0.4, 0.5) is 5.69 Å². The van der Waals surface area contributed by atoms with Gasteiger partial charge in [0.05, 0.1) is 17.6 Å². The maximum absolute atomic E-state index is 13.4. The number of benzene rings is 2. The SMILES string of the molecule is Cc1ccc(C(=O)N(CC2CN(C(=O)c3ccc([N+](=O)[O-])cc3)CCO2)C2CCCC2)cc1. The summed E-state index contributed by atoms with van der Waals surface area (Å²) in [5, 5.41) is 10.9. The van der Waals surface area contributed by atoms with Gasteiger partial charge >= 0.3 is 0 Å². The van der Waals surface area contributed by atoms with Crippen LogP contribution in [0.15, 0.2) is 48.5 Å². The average molecular weight is 452 g/mol. The van der Waals surface area contributed by atoms with Gasteiger partial charge in [0.1, 0.15) is 0 Å². The van der Waals surface area contributed by atoms with Crippen molar-refractivity contribution in [1.82, 2.24) is 9.80 Å². The molecule has 2 aliphatic rings. The lowest BCUT2D eigenvalue weighted by Gasteiger charge is -2.38. The maximum atomic E-state index is 13.4. The topological polar surface area (TPSA) is 93.0 Å². The van der Waals surface area contributed by atoms with E-state index in [1.54, 1.807) is 4.90 Å². The standard InChI is InChI=1S/C25H29N3O5/c1-18-6-8-20(9-7-18)25(30)27(21-4-2-3-5-21)17-23-16-26(14-15-33-23)24(29)19-10-12-22(13-11-19)28(31)32/h6-13,21,23H,2-5,14-17H2,1H3. The zero-order chi connectivity index (χ0) is 23.4. The minimum Gasteiger partial charge on any atom is -0.373 e. The lowest BCUT2D eigenvalue weighted by atomic mass is 10.1. The molecule has 2 fully saturated rings. The molecule has 1 atom stereocenters. The zero-order valence-corrected chi connectivity index (χ0v) is 18.8. The highest BCUT2D eigenvalue weighted by atomic mass is 16.6. The zero-order valence-electron chi connectivity index (χ0n) is 18.8. The Kier molecular flexibility index (Phi) is 7.03. The van der Waals surface area contributed by atoms with E-state index in [-0.39, 0.29) is 29.6 Å². The van der Waals surface area contributed by atoms with E-state index in [1.165, 1.54) is 24.3 Å². The van der Waals surface area contributed by atoms with Crippen molar-refractivity contribution in [3.63, 3.8) is 0 Å². The number of nitrogens with zero attached hydrogens (tertiary/aromatic N) is 3. The second-order valence-electron chi connectivity index (χ2n) is 8.81. The van der Waals surface area contributed by atoms with Crippen LogP contribution in [0.1, 0.15) is 52.0 Å². The van der Waals surface area contributed by atoms with E-state index in [2.05, 4.69) is 0 Å². The molecule has 8 heteroatoms. The highest BCUT2D eigenvalue weighted by molar-refractivity contribution is 5.95. The minimum absolute atomic E-state index is 0.00400. The Balaban J connectivity index is 1.46. The third kappa shape index (κ3) is 5.39. The van der Waals surface area contributed by atoms with Crippen LogP contribution in [-0.2, 0) is 4.74 Å². The molecule has 1 saturated carbocycles. The molecular weight excluding hydrogens is 422 g/mol. The number of hydrogen-bond donors (Lipinski definition) is 0. The average Bonchev–Trinajstić information content (AvgIpc) is 3.37. The van der Waals surface area contributed by atoms with Crippen LogP contribution in [0.2, 0.25) is 0 Å². The molecule has 1 saturated heterocycles. The number of carbonyl (C=O) groups is 2. The molecule has 0 aromatic heterocycles. The van der Waals surface area contributed by atoms with Gasteiger partial charge < -0.3 is 14.5 Å². The molecule has 174 valence electrons. The number of morpholine rings is 1. The Morgan fingerprint density at radius 2 is 1.70 bits per heavy atom. The van der Waals surface area contributed by atoms with Gasteiger partial charge in [0.2, 0.25) is 0 Å². The fraction of sp³-hybridized carbons (Fsp3) is 0.440. The third-order valence-corrected chi connectivity index (χ3v) is 6.48. The number of carbonyl (C=O) groups excluding carboxylic acids is 2. The molecule has 1 unspecified atom stereocenters.